The van der Waals surface area contributed by atoms with Crippen molar-refractivity contribution in [3.8, 4) is 10.7 Å². The summed E-state index contributed by atoms with van der Waals surface area (Å²) in [6.07, 6.45) is 0. The van der Waals surface area contributed by atoms with E-state index < -0.39 is 9.05 Å². The van der Waals surface area contributed by atoms with Gasteiger partial charge in [-0.2, -0.15) is 0 Å². The lowest BCUT2D eigenvalue weighted by Crippen LogP contribution is -2.02. The maximum Gasteiger partial charge on any atom is 0.296 e. The van der Waals surface area contributed by atoms with Crippen LogP contribution in [0.2, 0.25) is 5.02 Å². The molecule has 2 heterocycles. The fourth-order valence-electron chi connectivity index (χ4n) is 1.18. The largest absolute Gasteiger partial charge is 0.299 e. The van der Waals surface area contributed by atoms with E-state index >= 15 is 0 Å². The van der Waals surface area contributed by atoms with Gasteiger partial charge in [-0.05, 0) is 11.4 Å². The van der Waals surface area contributed by atoms with Gasteiger partial charge in [-0.25, -0.2) is 8.42 Å². The van der Waals surface area contributed by atoms with E-state index in [-0.39, 0.29) is 5.16 Å². The van der Waals surface area contributed by atoms with Crippen LogP contribution in [0.15, 0.2) is 16.6 Å². The molecule has 0 unspecified atom stereocenters. The molecule has 86 valence electrons. The lowest BCUT2D eigenvalue weighted by molar-refractivity contribution is 0.593. The van der Waals surface area contributed by atoms with Crippen LogP contribution in [0.4, 0.5) is 0 Å². The van der Waals surface area contributed by atoms with Gasteiger partial charge >= 0.3 is 0 Å². The minimum absolute atomic E-state index is 0.298. The number of aromatic nitrogens is 3. The summed E-state index contributed by atoms with van der Waals surface area (Å²) in [6.45, 7) is 0. The predicted octanol–water partition coefficient (Wildman–Crippen LogP) is 2.12. The van der Waals surface area contributed by atoms with Crippen LogP contribution >= 0.6 is 33.6 Å². The molecule has 0 bridgehead atoms. The number of halogens is 2. The van der Waals surface area contributed by atoms with Crippen molar-refractivity contribution in [2.24, 2.45) is 7.05 Å². The summed E-state index contributed by atoms with van der Waals surface area (Å²) >= 11 is 7.26. The second-order valence-corrected chi connectivity index (χ2v) is 6.68. The molecule has 0 aliphatic carbocycles. The number of hydrogen-bond donors (Lipinski definition) is 0. The number of hydrogen-bond acceptors (Lipinski definition) is 5. The molecule has 2 rings (SSSR count). The van der Waals surface area contributed by atoms with Crippen LogP contribution in [0, 0.1) is 0 Å². The van der Waals surface area contributed by atoms with Crippen LogP contribution < -0.4 is 0 Å². The quantitative estimate of drug-likeness (QED) is 0.797. The summed E-state index contributed by atoms with van der Waals surface area (Å²) < 4.78 is 23.6. The second-order valence-electron chi connectivity index (χ2n) is 2.90. The first-order valence-corrected chi connectivity index (χ1v) is 7.55. The topological polar surface area (TPSA) is 64.8 Å². The van der Waals surface area contributed by atoms with Crippen LogP contribution in [0.3, 0.4) is 0 Å². The predicted molar refractivity (Wildman–Crippen MR) is 62.4 cm³/mol. The molecule has 0 atom stereocenters. The van der Waals surface area contributed by atoms with Gasteiger partial charge in [0.15, 0.2) is 5.82 Å². The van der Waals surface area contributed by atoms with E-state index in [0.717, 1.165) is 0 Å². The number of nitrogens with zero attached hydrogens (tertiary/aromatic N) is 3. The molecule has 0 radical (unpaired) electrons. The van der Waals surface area contributed by atoms with Gasteiger partial charge in [0.25, 0.3) is 14.2 Å². The molecule has 2 aromatic heterocycles. The summed E-state index contributed by atoms with van der Waals surface area (Å²) in [5, 5.41) is 9.27. The van der Waals surface area contributed by atoms with E-state index in [1.165, 1.54) is 23.0 Å². The van der Waals surface area contributed by atoms with E-state index in [4.69, 9.17) is 22.3 Å². The molecule has 9 heteroatoms. The molecule has 0 aliphatic rings. The molecule has 0 aliphatic heterocycles. The van der Waals surface area contributed by atoms with Crippen molar-refractivity contribution in [2.75, 3.05) is 0 Å². The highest BCUT2D eigenvalue weighted by Gasteiger charge is 2.22. The fourth-order valence-corrected chi connectivity index (χ4v) is 3.29. The Balaban J connectivity index is 2.63. The standard InChI is InChI=1S/C7H5Cl2N3O2S2/c1-12-6(5-4(8)2-3-15-5)10-11-7(12)16(9,13)14/h2-3H,1H3. The van der Waals surface area contributed by atoms with Crippen molar-refractivity contribution in [1.82, 2.24) is 14.8 Å². The van der Waals surface area contributed by atoms with E-state index in [2.05, 4.69) is 10.2 Å². The Labute approximate surface area is 105 Å². The zero-order valence-electron chi connectivity index (χ0n) is 7.89. The van der Waals surface area contributed by atoms with Crippen molar-refractivity contribution in [2.45, 2.75) is 5.16 Å². The Bertz CT molecular complexity index is 632. The van der Waals surface area contributed by atoms with Gasteiger partial charge in [-0.3, -0.25) is 4.57 Å². The number of thiophene rings is 1. The van der Waals surface area contributed by atoms with Gasteiger partial charge < -0.3 is 0 Å². The maximum atomic E-state index is 11.1. The van der Waals surface area contributed by atoms with Gasteiger partial charge in [-0.15, -0.1) is 21.5 Å². The minimum atomic E-state index is -3.89. The van der Waals surface area contributed by atoms with Crippen LogP contribution in [0.5, 0.6) is 0 Å². The second kappa shape index (κ2) is 3.99. The van der Waals surface area contributed by atoms with Crippen LogP contribution in [0.1, 0.15) is 0 Å². The normalized spacial score (nSPS) is 11.9. The molecule has 2 aromatic rings. The average molecular weight is 298 g/mol. The molecule has 0 amide bonds. The highest BCUT2D eigenvalue weighted by molar-refractivity contribution is 8.13. The van der Waals surface area contributed by atoms with Crippen LogP contribution in [0.25, 0.3) is 10.7 Å². The molecule has 5 nitrogen and oxygen atoms in total. The Kier molecular flexibility index (Phi) is 2.95. The highest BCUT2D eigenvalue weighted by Crippen LogP contribution is 2.32. The fraction of sp³-hybridized carbons (Fsp3) is 0.143. The van der Waals surface area contributed by atoms with Crippen molar-refractivity contribution >= 4 is 42.7 Å². The van der Waals surface area contributed by atoms with Gasteiger partial charge in [0, 0.05) is 17.7 Å². The molecule has 0 saturated carbocycles. The molecular formula is C7H5Cl2N3O2S2. The summed E-state index contributed by atoms with van der Waals surface area (Å²) in [6, 6.07) is 1.70. The first kappa shape index (κ1) is 11.8. The Morgan fingerprint density at radius 1 is 1.44 bits per heavy atom. The Hall–Kier alpha value is -0.630. The third-order valence-corrected chi connectivity index (χ3v) is 4.42. The third kappa shape index (κ3) is 1.95. The van der Waals surface area contributed by atoms with Crippen molar-refractivity contribution in [3.05, 3.63) is 16.5 Å². The van der Waals surface area contributed by atoms with Crippen molar-refractivity contribution in [1.29, 1.82) is 0 Å². The zero-order valence-corrected chi connectivity index (χ0v) is 11.0. The highest BCUT2D eigenvalue weighted by atomic mass is 35.7. The number of rotatable bonds is 2. The van der Waals surface area contributed by atoms with Crippen LogP contribution in [-0.4, -0.2) is 23.2 Å². The molecule has 0 saturated heterocycles. The molecule has 0 fully saturated rings. The third-order valence-electron chi connectivity index (χ3n) is 1.87. The van der Waals surface area contributed by atoms with E-state index in [1.54, 1.807) is 11.4 Å². The SMILES string of the molecule is Cn1c(-c2sccc2Cl)nnc1S(=O)(=O)Cl. The van der Waals surface area contributed by atoms with E-state index in [0.29, 0.717) is 15.7 Å². The molecule has 0 aromatic carbocycles. The summed E-state index contributed by atoms with van der Waals surface area (Å²) in [4.78, 5) is 0.656. The van der Waals surface area contributed by atoms with Crippen molar-refractivity contribution in [3.63, 3.8) is 0 Å². The maximum absolute atomic E-state index is 11.1. The minimum Gasteiger partial charge on any atom is -0.299 e. The average Bonchev–Trinajstić information content (AvgIpc) is 2.70. The first-order valence-electron chi connectivity index (χ1n) is 3.98. The molecule has 0 N–H and O–H groups in total. The van der Waals surface area contributed by atoms with E-state index in [9.17, 15) is 8.42 Å². The Morgan fingerprint density at radius 3 is 2.56 bits per heavy atom. The molecule has 0 spiro atoms. The molecule has 16 heavy (non-hydrogen) atoms. The Morgan fingerprint density at radius 2 is 2.12 bits per heavy atom. The van der Waals surface area contributed by atoms with Gasteiger partial charge in [0.2, 0.25) is 0 Å². The summed E-state index contributed by atoms with van der Waals surface area (Å²) in [5.41, 5.74) is 0. The zero-order chi connectivity index (χ0) is 11.9. The van der Waals surface area contributed by atoms with Gasteiger partial charge in [0.05, 0.1) is 9.90 Å². The van der Waals surface area contributed by atoms with Crippen LogP contribution in [-0.2, 0) is 16.1 Å². The van der Waals surface area contributed by atoms with E-state index in [1.807, 2.05) is 0 Å². The first-order chi connectivity index (χ1) is 7.41. The lowest BCUT2D eigenvalue weighted by Gasteiger charge is -1.99. The van der Waals surface area contributed by atoms with Gasteiger partial charge in [0.1, 0.15) is 0 Å². The van der Waals surface area contributed by atoms with Gasteiger partial charge in [-0.1, -0.05) is 11.6 Å². The van der Waals surface area contributed by atoms with Crippen molar-refractivity contribution < 1.29 is 8.42 Å². The lowest BCUT2D eigenvalue weighted by atomic mass is 10.4. The monoisotopic (exact) mass is 297 g/mol. The summed E-state index contributed by atoms with van der Waals surface area (Å²) in [5.74, 6) is 0.374. The molecular weight excluding hydrogens is 293 g/mol. The smallest absolute Gasteiger partial charge is 0.296 e. The summed E-state index contributed by atoms with van der Waals surface area (Å²) in [7, 11) is 2.82.